The highest BCUT2D eigenvalue weighted by atomic mass is 35.5. The molecule has 0 aromatic carbocycles. The molecule has 0 aliphatic heterocycles. The Morgan fingerprint density at radius 3 is 1.93 bits per heavy atom. The van der Waals surface area contributed by atoms with Crippen LogP contribution in [0.1, 0.15) is 54.7 Å². The van der Waals surface area contributed by atoms with Gasteiger partial charge in [-0.15, -0.1) is 11.6 Å². The normalized spacial score (nSPS) is 21.2. The van der Waals surface area contributed by atoms with Gasteiger partial charge in [0.15, 0.2) is 0 Å². The SMILES string of the molecule is ClCc1nc(C2CC2)cc(C2CC2)n1. The van der Waals surface area contributed by atoms with Crippen LogP contribution in [0.3, 0.4) is 0 Å². The van der Waals surface area contributed by atoms with Crippen LogP contribution in [-0.4, -0.2) is 9.97 Å². The van der Waals surface area contributed by atoms with Gasteiger partial charge in [0.05, 0.1) is 5.88 Å². The van der Waals surface area contributed by atoms with Gasteiger partial charge in [-0.25, -0.2) is 9.97 Å². The fourth-order valence-corrected chi connectivity index (χ4v) is 1.89. The average Bonchev–Trinajstić information content (AvgIpc) is 3.07. The summed E-state index contributed by atoms with van der Waals surface area (Å²) in [5, 5.41) is 0. The lowest BCUT2D eigenvalue weighted by atomic mass is 10.2. The molecule has 0 radical (unpaired) electrons. The van der Waals surface area contributed by atoms with Crippen molar-refractivity contribution < 1.29 is 0 Å². The quantitative estimate of drug-likeness (QED) is 0.714. The lowest BCUT2D eigenvalue weighted by Crippen LogP contribution is -2.00. The van der Waals surface area contributed by atoms with Crippen molar-refractivity contribution in [2.24, 2.45) is 0 Å². The van der Waals surface area contributed by atoms with Gasteiger partial charge in [-0.2, -0.15) is 0 Å². The lowest BCUT2D eigenvalue weighted by molar-refractivity contribution is 0.874. The first-order chi connectivity index (χ1) is 6.86. The minimum atomic E-state index is 0.445. The van der Waals surface area contributed by atoms with Crippen molar-refractivity contribution in [1.29, 1.82) is 0 Å². The zero-order valence-electron chi connectivity index (χ0n) is 8.04. The molecule has 2 aliphatic carbocycles. The molecule has 1 heterocycles. The molecule has 0 amide bonds. The van der Waals surface area contributed by atoms with Crippen LogP contribution in [0, 0.1) is 0 Å². The van der Waals surface area contributed by atoms with Crippen molar-refractivity contribution in [3.63, 3.8) is 0 Å². The molecule has 0 spiro atoms. The van der Waals surface area contributed by atoms with Crippen LogP contribution in [0.25, 0.3) is 0 Å². The molecule has 0 atom stereocenters. The molecule has 3 heteroatoms. The summed E-state index contributed by atoms with van der Waals surface area (Å²) in [4.78, 5) is 8.96. The molecular weight excluding hydrogens is 196 g/mol. The molecule has 3 rings (SSSR count). The Hall–Kier alpha value is -0.630. The van der Waals surface area contributed by atoms with Gasteiger partial charge in [0, 0.05) is 23.2 Å². The molecule has 74 valence electrons. The van der Waals surface area contributed by atoms with Crippen molar-refractivity contribution in [1.82, 2.24) is 9.97 Å². The van der Waals surface area contributed by atoms with Crippen LogP contribution < -0.4 is 0 Å². The second kappa shape index (κ2) is 3.20. The average molecular weight is 209 g/mol. The number of hydrogen-bond donors (Lipinski definition) is 0. The first-order valence-electron chi connectivity index (χ1n) is 5.30. The monoisotopic (exact) mass is 208 g/mol. The van der Waals surface area contributed by atoms with Crippen molar-refractivity contribution in [2.45, 2.75) is 43.4 Å². The standard InChI is InChI=1S/C11H13ClN2/c12-6-11-13-9(7-1-2-7)5-10(14-11)8-3-4-8/h5,7-8H,1-4,6H2. The van der Waals surface area contributed by atoms with Crippen molar-refractivity contribution in [2.75, 3.05) is 0 Å². The highest BCUT2D eigenvalue weighted by Gasteiger charge is 2.30. The molecule has 2 saturated carbocycles. The van der Waals surface area contributed by atoms with E-state index in [4.69, 9.17) is 11.6 Å². The van der Waals surface area contributed by atoms with Gasteiger partial charge in [-0.1, -0.05) is 0 Å². The first-order valence-corrected chi connectivity index (χ1v) is 5.84. The van der Waals surface area contributed by atoms with Gasteiger partial charge >= 0.3 is 0 Å². The number of rotatable bonds is 3. The minimum absolute atomic E-state index is 0.445. The summed E-state index contributed by atoms with van der Waals surface area (Å²) in [6.45, 7) is 0. The largest absolute Gasteiger partial charge is 0.236 e. The van der Waals surface area contributed by atoms with E-state index < -0.39 is 0 Å². The van der Waals surface area contributed by atoms with E-state index in [2.05, 4.69) is 16.0 Å². The summed E-state index contributed by atoms with van der Waals surface area (Å²) >= 11 is 5.80. The number of hydrogen-bond acceptors (Lipinski definition) is 2. The van der Waals surface area contributed by atoms with E-state index in [9.17, 15) is 0 Å². The van der Waals surface area contributed by atoms with Crippen molar-refractivity contribution in [3.8, 4) is 0 Å². The Balaban J connectivity index is 1.97. The Morgan fingerprint density at radius 1 is 1.07 bits per heavy atom. The van der Waals surface area contributed by atoms with Crippen molar-refractivity contribution >= 4 is 11.6 Å². The predicted molar refractivity (Wildman–Crippen MR) is 55.5 cm³/mol. The molecular formula is C11H13ClN2. The summed E-state index contributed by atoms with van der Waals surface area (Å²) in [5.74, 6) is 2.67. The highest BCUT2D eigenvalue weighted by molar-refractivity contribution is 6.16. The van der Waals surface area contributed by atoms with Crippen LogP contribution >= 0.6 is 11.6 Å². The molecule has 2 fully saturated rings. The summed E-state index contributed by atoms with van der Waals surface area (Å²) in [7, 11) is 0. The minimum Gasteiger partial charge on any atom is -0.236 e. The fraction of sp³-hybridized carbons (Fsp3) is 0.636. The molecule has 2 aliphatic rings. The summed E-state index contributed by atoms with van der Waals surface area (Å²) < 4.78 is 0. The summed E-state index contributed by atoms with van der Waals surface area (Å²) in [6.07, 6.45) is 5.18. The van der Waals surface area contributed by atoms with Gasteiger partial charge in [0.2, 0.25) is 0 Å². The Labute approximate surface area is 88.7 Å². The van der Waals surface area contributed by atoms with Crippen LogP contribution in [0.5, 0.6) is 0 Å². The van der Waals surface area contributed by atoms with E-state index in [0.717, 1.165) is 5.82 Å². The number of aromatic nitrogens is 2. The van der Waals surface area contributed by atoms with E-state index in [1.807, 2.05) is 0 Å². The van der Waals surface area contributed by atoms with E-state index >= 15 is 0 Å². The third-order valence-corrected chi connectivity index (χ3v) is 3.16. The molecule has 0 bridgehead atoms. The van der Waals surface area contributed by atoms with E-state index in [-0.39, 0.29) is 0 Å². The Bertz CT molecular complexity index is 326. The van der Waals surface area contributed by atoms with Gasteiger partial charge in [0.1, 0.15) is 5.82 Å². The molecule has 2 nitrogen and oxygen atoms in total. The third kappa shape index (κ3) is 1.63. The second-order valence-electron chi connectivity index (χ2n) is 4.32. The number of alkyl halides is 1. The topological polar surface area (TPSA) is 25.8 Å². The first kappa shape index (κ1) is 8.66. The Morgan fingerprint density at radius 2 is 1.57 bits per heavy atom. The molecule has 14 heavy (non-hydrogen) atoms. The van der Waals surface area contributed by atoms with Crippen LogP contribution in [0.4, 0.5) is 0 Å². The highest BCUT2D eigenvalue weighted by Crippen LogP contribution is 2.43. The molecule has 0 saturated heterocycles. The Kier molecular flexibility index (Phi) is 1.98. The molecule has 1 aromatic heterocycles. The summed E-state index contributed by atoms with van der Waals surface area (Å²) in [6, 6.07) is 2.20. The van der Waals surface area contributed by atoms with Gasteiger partial charge < -0.3 is 0 Å². The lowest BCUT2D eigenvalue weighted by Gasteiger charge is -2.04. The maximum atomic E-state index is 5.80. The molecule has 0 N–H and O–H groups in total. The van der Waals surface area contributed by atoms with Gasteiger partial charge in [0.25, 0.3) is 0 Å². The van der Waals surface area contributed by atoms with Gasteiger partial charge in [-0.05, 0) is 31.7 Å². The van der Waals surface area contributed by atoms with E-state index in [0.29, 0.717) is 17.7 Å². The van der Waals surface area contributed by atoms with Crippen LogP contribution in [0.15, 0.2) is 6.07 Å². The molecule has 1 aromatic rings. The van der Waals surface area contributed by atoms with Gasteiger partial charge in [-0.3, -0.25) is 0 Å². The summed E-state index contributed by atoms with van der Waals surface area (Å²) in [5.41, 5.74) is 2.47. The third-order valence-electron chi connectivity index (χ3n) is 2.92. The number of halogens is 1. The maximum Gasteiger partial charge on any atom is 0.143 e. The molecule has 0 unspecified atom stereocenters. The zero-order valence-corrected chi connectivity index (χ0v) is 8.80. The zero-order chi connectivity index (χ0) is 9.54. The van der Waals surface area contributed by atoms with E-state index in [1.165, 1.54) is 37.1 Å². The van der Waals surface area contributed by atoms with E-state index in [1.54, 1.807) is 0 Å². The fourth-order valence-electron chi connectivity index (χ4n) is 1.78. The van der Waals surface area contributed by atoms with Crippen molar-refractivity contribution in [3.05, 3.63) is 23.3 Å². The predicted octanol–water partition coefficient (Wildman–Crippen LogP) is 2.97. The maximum absolute atomic E-state index is 5.80. The second-order valence-corrected chi connectivity index (χ2v) is 4.58. The van der Waals surface area contributed by atoms with Crippen LogP contribution in [0.2, 0.25) is 0 Å². The van der Waals surface area contributed by atoms with Crippen LogP contribution in [-0.2, 0) is 5.88 Å². The number of nitrogens with zero attached hydrogens (tertiary/aromatic N) is 2. The smallest absolute Gasteiger partial charge is 0.143 e.